The second-order valence-electron chi connectivity index (χ2n) is 5.45. The van der Waals surface area contributed by atoms with E-state index in [0.29, 0.717) is 18.7 Å². The van der Waals surface area contributed by atoms with Crippen molar-refractivity contribution in [2.24, 2.45) is 5.92 Å². The molecule has 0 aliphatic carbocycles. The fraction of sp³-hybridized carbons (Fsp3) is 0.500. The lowest BCUT2D eigenvalue weighted by Crippen LogP contribution is -2.37. The first-order valence-corrected chi connectivity index (χ1v) is 9.57. The summed E-state index contributed by atoms with van der Waals surface area (Å²) in [4.78, 5) is 11.8. The third kappa shape index (κ3) is 5.35. The SMILES string of the molecule is O=C(CS(=O)(=O)Cc1cccc(Br)c1)NCC1CNCC1O. The van der Waals surface area contributed by atoms with Crippen LogP contribution in [0.15, 0.2) is 28.7 Å². The van der Waals surface area contributed by atoms with Gasteiger partial charge in [-0.05, 0) is 17.7 Å². The van der Waals surface area contributed by atoms with Gasteiger partial charge in [-0.2, -0.15) is 0 Å². The highest BCUT2D eigenvalue weighted by Crippen LogP contribution is 2.14. The first-order chi connectivity index (χ1) is 10.4. The summed E-state index contributed by atoms with van der Waals surface area (Å²) in [6.45, 7) is 1.40. The van der Waals surface area contributed by atoms with Crippen LogP contribution in [0.4, 0.5) is 0 Å². The number of rotatable bonds is 6. The minimum Gasteiger partial charge on any atom is -0.391 e. The summed E-state index contributed by atoms with van der Waals surface area (Å²) >= 11 is 3.28. The van der Waals surface area contributed by atoms with Crippen LogP contribution in [0, 0.1) is 5.92 Å². The predicted molar refractivity (Wildman–Crippen MR) is 87.0 cm³/mol. The van der Waals surface area contributed by atoms with Crippen LogP contribution in [0.2, 0.25) is 0 Å². The average Bonchev–Trinajstić information content (AvgIpc) is 2.80. The molecule has 1 saturated heterocycles. The Bertz CT molecular complexity index is 635. The van der Waals surface area contributed by atoms with Crippen molar-refractivity contribution in [3.8, 4) is 0 Å². The molecule has 2 atom stereocenters. The number of carbonyl (C=O) groups excluding carboxylic acids is 1. The van der Waals surface area contributed by atoms with E-state index in [4.69, 9.17) is 0 Å². The average molecular weight is 391 g/mol. The smallest absolute Gasteiger partial charge is 0.235 e. The zero-order valence-corrected chi connectivity index (χ0v) is 14.4. The number of halogens is 1. The van der Waals surface area contributed by atoms with Crippen molar-refractivity contribution in [2.45, 2.75) is 11.9 Å². The van der Waals surface area contributed by atoms with Crippen molar-refractivity contribution < 1.29 is 18.3 Å². The lowest BCUT2D eigenvalue weighted by molar-refractivity contribution is -0.118. The quantitative estimate of drug-likeness (QED) is 0.638. The Morgan fingerprint density at radius 1 is 1.41 bits per heavy atom. The van der Waals surface area contributed by atoms with Gasteiger partial charge in [-0.3, -0.25) is 4.79 Å². The Morgan fingerprint density at radius 2 is 2.18 bits per heavy atom. The molecule has 6 nitrogen and oxygen atoms in total. The summed E-state index contributed by atoms with van der Waals surface area (Å²) in [5.74, 6) is -1.32. The molecule has 22 heavy (non-hydrogen) atoms. The van der Waals surface area contributed by atoms with Crippen molar-refractivity contribution in [1.82, 2.24) is 10.6 Å². The summed E-state index contributed by atoms with van der Waals surface area (Å²) in [7, 11) is -3.52. The summed E-state index contributed by atoms with van der Waals surface area (Å²) in [6, 6.07) is 6.99. The van der Waals surface area contributed by atoms with Gasteiger partial charge in [0.15, 0.2) is 9.84 Å². The molecule has 3 N–H and O–H groups in total. The van der Waals surface area contributed by atoms with Crippen molar-refractivity contribution in [3.05, 3.63) is 34.3 Å². The molecule has 0 radical (unpaired) electrons. The number of hydrogen-bond acceptors (Lipinski definition) is 5. The van der Waals surface area contributed by atoms with Gasteiger partial charge in [0.05, 0.1) is 11.9 Å². The molecule has 0 bridgehead atoms. The van der Waals surface area contributed by atoms with Crippen LogP contribution >= 0.6 is 15.9 Å². The maximum Gasteiger partial charge on any atom is 0.235 e. The number of amides is 1. The molecule has 2 unspecified atom stereocenters. The van der Waals surface area contributed by atoms with Gasteiger partial charge in [0.1, 0.15) is 5.75 Å². The van der Waals surface area contributed by atoms with E-state index in [-0.39, 0.29) is 18.2 Å². The van der Waals surface area contributed by atoms with Gasteiger partial charge in [-0.15, -0.1) is 0 Å². The van der Waals surface area contributed by atoms with Crippen LogP contribution in [0.25, 0.3) is 0 Å². The van der Waals surface area contributed by atoms with Crippen LogP contribution in [-0.4, -0.2) is 50.9 Å². The van der Waals surface area contributed by atoms with Crippen LogP contribution in [0.5, 0.6) is 0 Å². The maximum absolute atomic E-state index is 12.0. The zero-order valence-electron chi connectivity index (χ0n) is 12.0. The molecular weight excluding hydrogens is 372 g/mol. The molecule has 1 aromatic rings. The first-order valence-electron chi connectivity index (χ1n) is 6.96. The molecule has 0 aromatic heterocycles. The van der Waals surface area contributed by atoms with Crippen LogP contribution in [0.3, 0.4) is 0 Å². The maximum atomic E-state index is 12.0. The summed E-state index contributed by atoms with van der Waals surface area (Å²) in [5.41, 5.74) is 0.637. The molecule has 2 rings (SSSR count). The van der Waals surface area contributed by atoms with Gasteiger partial charge in [0.2, 0.25) is 5.91 Å². The van der Waals surface area contributed by atoms with Crippen molar-refractivity contribution >= 4 is 31.7 Å². The standard InChI is InChI=1S/C14H19BrN2O4S/c15-12-3-1-2-10(4-12)8-22(20,21)9-14(19)17-6-11-5-16-7-13(11)18/h1-4,11,13,16,18H,5-9H2,(H,17,19). The van der Waals surface area contributed by atoms with Gasteiger partial charge >= 0.3 is 0 Å². The summed E-state index contributed by atoms with van der Waals surface area (Å²) in [5, 5.41) is 15.2. The molecule has 1 aromatic carbocycles. The second kappa shape index (κ2) is 7.54. The second-order valence-corrected chi connectivity index (χ2v) is 8.43. The first kappa shape index (κ1) is 17.4. The molecule has 122 valence electrons. The lowest BCUT2D eigenvalue weighted by Gasteiger charge is -2.14. The third-order valence-corrected chi connectivity index (χ3v) is 5.46. The highest BCUT2D eigenvalue weighted by Gasteiger charge is 2.26. The Kier molecular flexibility index (Phi) is 5.96. The molecule has 8 heteroatoms. The van der Waals surface area contributed by atoms with Gasteiger partial charge in [0.25, 0.3) is 0 Å². The lowest BCUT2D eigenvalue weighted by atomic mass is 10.1. The van der Waals surface area contributed by atoms with Crippen molar-refractivity contribution in [3.63, 3.8) is 0 Å². The molecule has 1 fully saturated rings. The Labute approximate surface area is 138 Å². The molecule has 1 heterocycles. The van der Waals surface area contributed by atoms with Gasteiger partial charge in [0, 0.05) is 30.0 Å². The van der Waals surface area contributed by atoms with E-state index in [9.17, 15) is 18.3 Å². The molecule has 0 saturated carbocycles. The predicted octanol–water partition coefficient (Wildman–Crippen LogP) is 0.0604. The highest BCUT2D eigenvalue weighted by atomic mass is 79.9. The van der Waals surface area contributed by atoms with Crippen molar-refractivity contribution in [1.29, 1.82) is 0 Å². The largest absolute Gasteiger partial charge is 0.391 e. The van der Waals surface area contributed by atoms with Gasteiger partial charge in [-0.1, -0.05) is 28.1 Å². The van der Waals surface area contributed by atoms with Crippen LogP contribution in [0.1, 0.15) is 5.56 Å². The third-order valence-electron chi connectivity index (χ3n) is 3.49. The molecule has 1 aliphatic heterocycles. The van der Waals surface area contributed by atoms with E-state index in [1.54, 1.807) is 18.2 Å². The van der Waals surface area contributed by atoms with E-state index in [1.807, 2.05) is 6.07 Å². The number of carbonyl (C=O) groups is 1. The van der Waals surface area contributed by atoms with E-state index >= 15 is 0 Å². The van der Waals surface area contributed by atoms with Gasteiger partial charge < -0.3 is 15.7 Å². The summed E-state index contributed by atoms with van der Waals surface area (Å²) in [6.07, 6.45) is -0.501. The number of aliphatic hydroxyl groups excluding tert-OH is 1. The number of sulfone groups is 1. The Hall–Kier alpha value is -0.960. The molecule has 1 aliphatic rings. The summed E-state index contributed by atoms with van der Waals surface area (Å²) < 4.78 is 24.9. The number of nitrogens with one attached hydrogen (secondary N) is 2. The Morgan fingerprint density at radius 3 is 2.82 bits per heavy atom. The normalized spacial score (nSPS) is 21.7. The van der Waals surface area contributed by atoms with E-state index in [2.05, 4.69) is 26.6 Å². The monoisotopic (exact) mass is 390 g/mol. The number of benzene rings is 1. The topological polar surface area (TPSA) is 95.5 Å². The van der Waals surface area contributed by atoms with Crippen molar-refractivity contribution in [2.75, 3.05) is 25.4 Å². The minimum absolute atomic E-state index is 0.0725. The molecular formula is C14H19BrN2O4S. The van der Waals surface area contributed by atoms with Crippen LogP contribution in [-0.2, 0) is 20.4 Å². The fourth-order valence-corrected chi connectivity index (χ4v) is 4.09. The number of aliphatic hydroxyl groups is 1. The Balaban J connectivity index is 1.84. The molecule has 1 amide bonds. The van der Waals surface area contributed by atoms with E-state index < -0.39 is 27.6 Å². The highest BCUT2D eigenvalue weighted by molar-refractivity contribution is 9.10. The van der Waals surface area contributed by atoms with Gasteiger partial charge in [-0.25, -0.2) is 8.42 Å². The zero-order chi connectivity index (χ0) is 16.2. The molecule has 0 spiro atoms. The number of β-amino-alcohol motifs (C(OH)–C–C–N with tert-alkyl or cyclic N) is 1. The minimum atomic E-state index is -3.52. The van der Waals surface area contributed by atoms with E-state index in [0.717, 1.165) is 4.47 Å². The van der Waals surface area contributed by atoms with Crippen LogP contribution < -0.4 is 10.6 Å². The fourth-order valence-electron chi connectivity index (χ4n) is 2.35. The number of hydrogen-bond donors (Lipinski definition) is 3. The van der Waals surface area contributed by atoms with E-state index in [1.165, 1.54) is 0 Å².